The van der Waals surface area contributed by atoms with Crippen LogP contribution in [0.1, 0.15) is 5.56 Å². The number of nitrogens with zero attached hydrogens (tertiary/aromatic N) is 2. The van der Waals surface area contributed by atoms with Crippen LogP contribution in [0.3, 0.4) is 0 Å². The Bertz CT molecular complexity index is 1050. The summed E-state index contributed by atoms with van der Waals surface area (Å²) in [6.45, 7) is 2.11. The van der Waals surface area contributed by atoms with Crippen LogP contribution in [0.2, 0.25) is 0 Å². The molecule has 0 saturated heterocycles. The van der Waals surface area contributed by atoms with Crippen LogP contribution in [0.5, 0.6) is 11.5 Å². The van der Waals surface area contributed by atoms with Gasteiger partial charge in [-0.25, -0.2) is 0 Å². The summed E-state index contributed by atoms with van der Waals surface area (Å²) in [4.78, 5) is 47.1. The molecule has 2 rings (SSSR count). The summed E-state index contributed by atoms with van der Waals surface area (Å²) in [6, 6.07) is 11.4. The van der Waals surface area contributed by atoms with Gasteiger partial charge in [-0.3, -0.25) is 14.4 Å². The second-order valence-electron chi connectivity index (χ2n) is 7.18. The van der Waals surface area contributed by atoms with E-state index in [1.165, 1.54) is 4.90 Å². The lowest BCUT2D eigenvalue weighted by Gasteiger charge is -2.24. The second kappa shape index (κ2) is 13.2. The van der Waals surface area contributed by atoms with E-state index in [9.17, 15) is 24.3 Å². The van der Waals surface area contributed by atoms with E-state index in [2.05, 4.69) is 6.58 Å². The average Bonchev–Trinajstić information content (AvgIpc) is 2.80. The third-order valence-electron chi connectivity index (χ3n) is 4.64. The minimum Gasteiger partial charge on any atom is -0.488 e. The number of para-hydroxylation sites is 2. The van der Waals surface area contributed by atoms with Crippen LogP contribution in [0, 0.1) is 0 Å². The molecular formula is C24H26N2O9. The molecule has 0 heterocycles. The van der Waals surface area contributed by atoms with Crippen molar-refractivity contribution in [2.45, 2.75) is 0 Å². The number of rotatable bonds is 16. The monoisotopic (exact) mass is 486 g/mol. The lowest BCUT2D eigenvalue weighted by Crippen LogP contribution is -2.34. The second-order valence-corrected chi connectivity index (χ2v) is 7.18. The molecule has 0 unspecified atom stereocenters. The number of aliphatic carboxylic acids is 3. The van der Waals surface area contributed by atoms with Crippen molar-refractivity contribution >= 4 is 41.6 Å². The maximum absolute atomic E-state index is 11.2. The quantitative estimate of drug-likeness (QED) is 0.235. The van der Waals surface area contributed by atoms with E-state index in [1.54, 1.807) is 48.5 Å². The number of hydrogen-bond donors (Lipinski definition) is 3. The number of carboxylic acids is 3. The zero-order valence-corrected chi connectivity index (χ0v) is 18.8. The lowest BCUT2D eigenvalue weighted by molar-refractivity contribution is -0.137. The molecule has 0 amide bonds. The molecule has 0 bridgehead atoms. The summed E-state index contributed by atoms with van der Waals surface area (Å²) < 4.78 is 11.5. The van der Waals surface area contributed by atoms with Crippen molar-refractivity contribution in [1.82, 2.24) is 0 Å². The summed E-state index contributed by atoms with van der Waals surface area (Å²) in [5, 5.41) is 27.4. The number of ether oxygens (including phenoxy) is 2. The van der Waals surface area contributed by atoms with Gasteiger partial charge in [-0.2, -0.15) is 0 Å². The fourth-order valence-corrected chi connectivity index (χ4v) is 3.23. The van der Waals surface area contributed by atoms with Crippen LogP contribution in [0.4, 0.5) is 11.4 Å². The molecule has 0 aliphatic heterocycles. The Kier molecular flexibility index (Phi) is 10.1. The van der Waals surface area contributed by atoms with Gasteiger partial charge in [0.1, 0.15) is 50.6 Å². The fourth-order valence-electron chi connectivity index (χ4n) is 3.23. The first-order valence-corrected chi connectivity index (χ1v) is 10.4. The Morgan fingerprint density at radius 3 is 1.91 bits per heavy atom. The molecule has 0 saturated carbocycles. The van der Waals surface area contributed by atoms with Crippen LogP contribution >= 0.6 is 0 Å². The van der Waals surface area contributed by atoms with Gasteiger partial charge in [0.2, 0.25) is 0 Å². The zero-order valence-electron chi connectivity index (χ0n) is 18.8. The number of benzene rings is 2. The zero-order chi connectivity index (χ0) is 25.8. The Hall–Kier alpha value is -4.54. The first-order valence-electron chi connectivity index (χ1n) is 10.4. The molecule has 0 radical (unpaired) electrons. The number of hydrogen-bond acceptors (Lipinski definition) is 8. The summed E-state index contributed by atoms with van der Waals surface area (Å²) in [5.41, 5.74) is 1.42. The third kappa shape index (κ3) is 8.39. The topological polar surface area (TPSA) is 154 Å². The predicted octanol–water partition coefficient (Wildman–Crippen LogP) is 1.85. The maximum Gasteiger partial charge on any atom is 0.323 e. The van der Waals surface area contributed by atoms with E-state index >= 15 is 0 Å². The van der Waals surface area contributed by atoms with Gasteiger partial charge < -0.3 is 39.4 Å². The molecule has 35 heavy (non-hydrogen) atoms. The molecule has 11 heteroatoms. The van der Waals surface area contributed by atoms with Gasteiger partial charge >= 0.3 is 17.9 Å². The molecule has 0 fully saturated rings. The van der Waals surface area contributed by atoms with Gasteiger partial charge in [0, 0.05) is 0 Å². The smallest absolute Gasteiger partial charge is 0.323 e. The van der Waals surface area contributed by atoms with Crippen molar-refractivity contribution in [1.29, 1.82) is 0 Å². The summed E-state index contributed by atoms with van der Waals surface area (Å²) in [5.74, 6) is -2.91. The lowest BCUT2D eigenvalue weighted by atomic mass is 10.1. The van der Waals surface area contributed by atoms with E-state index < -0.39 is 37.5 Å². The van der Waals surface area contributed by atoms with Crippen LogP contribution < -0.4 is 19.3 Å². The highest BCUT2D eigenvalue weighted by molar-refractivity contribution is 5.81. The molecule has 3 N–H and O–H groups in total. The Labute approximate surface area is 201 Å². The van der Waals surface area contributed by atoms with E-state index in [4.69, 9.17) is 19.7 Å². The molecule has 2 aromatic rings. The highest BCUT2D eigenvalue weighted by Crippen LogP contribution is 2.31. The summed E-state index contributed by atoms with van der Waals surface area (Å²) in [7, 11) is 0. The van der Waals surface area contributed by atoms with E-state index in [1.807, 2.05) is 0 Å². The van der Waals surface area contributed by atoms with Gasteiger partial charge in [-0.1, -0.05) is 30.9 Å². The molecule has 0 aromatic heterocycles. The first kappa shape index (κ1) is 26.7. The molecule has 11 nitrogen and oxygen atoms in total. The molecule has 0 atom stereocenters. The van der Waals surface area contributed by atoms with E-state index in [0.29, 0.717) is 23.4 Å². The molecule has 0 aliphatic carbocycles. The van der Waals surface area contributed by atoms with Crippen LogP contribution in [-0.4, -0.2) is 78.9 Å². The molecule has 0 spiro atoms. The number of carbonyl (C=O) groups is 4. The first-order chi connectivity index (χ1) is 16.7. The third-order valence-corrected chi connectivity index (χ3v) is 4.64. The molecule has 2 aromatic carbocycles. The minimum absolute atomic E-state index is 0.00929. The van der Waals surface area contributed by atoms with Gasteiger partial charge in [0.05, 0.1) is 17.9 Å². The van der Waals surface area contributed by atoms with Crippen molar-refractivity contribution in [2.75, 3.05) is 49.2 Å². The number of carbonyl (C=O) groups excluding carboxylic acids is 1. The SMILES string of the molecule is C=Cc1ccc(N(CC=O)CC(=O)O)c(OCCOc2ccccc2N(CC(=O)O)CC(=O)O)c1. The van der Waals surface area contributed by atoms with Crippen molar-refractivity contribution in [3.63, 3.8) is 0 Å². The van der Waals surface area contributed by atoms with Gasteiger partial charge in [-0.15, -0.1) is 0 Å². The predicted molar refractivity (Wildman–Crippen MR) is 127 cm³/mol. The van der Waals surface area contributed by atoms with Gasteiger partial charge in [-0.05, 0) is 29.8 Å². The Morgan fingerprint density at radius 1 is 0.800 bits per heavy atom. The Morgan fingerprint density at radius 2 is 1.34 bits per heavy atom. The van der Waals surface area contributed by atoms with E-state index in [-0.39, 0.29) is 25.5 Å². The normalized spacial score (nSPS) is 10.2. The van der Waals surface area contributed by atoms with Crippen molar-refractivity contribution < 1.29 is 44.0 Å². The largest absolute Gasteiger partial charge is 0.488 e. The molecular weight excluding hydrogens is 460 g/mol. The van der Waals surface area contributed by atoms with Crippen molar-refractivity contribution in [3.8, 4) is 11.5 Å². The standard InChI is InChI=1S/C24H26N2O9/c1-2-17-7-8-19(25(9-10-27)14-22(28)29)21(13-17)35-12-11-34-20-6-4-3-5-18(20)26(15-23(30)31)16-24(32)33/h2-8,10,13H,1,9,11-12,14-16H2,(H,28,29)(H,30,31)(H,32,33). The van der Waals surface area contributed by atoms with Crippen LogP contribution in [0.25, 0.3) is 6.08 Å². The highest BCUT2D eigenvalue weighted by atomic mass is 16.5. The fraction of sp³-hybridized carbons (Fsp3) is 0.250. The molecule has 0 aliphatic rings. The van der Waals surface area contributed by atoms with Crippen LogP contribution in [-0.2, 0) is 19.2 Å². The average molecular weight is 486 g/mol. The highest BCUT2D eigenvalue weighted by Gasteiger charge is 2.19. The Balaban J connectivity index is 2.16. The van der Waals surface area contributed by atoms with Crippen molar-refractivity contribution in [2.24, 2.45) is 0 Å². The molecule has 186 valence electrons. The number of anilines is 2. The number of carboxylic acid groups (broad SMARTS) is 3. The van der Waals surface area contributed by atoms with Crippen LogP contribution in [0.15, 0.2) is 49.0 Å². The maximum atomic E-state index is 11.2. The van der Waals surface area contributed by atoms with E-state index in [0.717, 1.165) is 10.5 Å². The summed E-state index contributed by atoms with van der Waals surface area (Å²) in [6.07, 6.45) is 2.18. The minimum atomic E-state index is -1.19. The summed E-state index contributed by atoms with van der Waals surface area (Å²) >= 11 is 0. The van der Waals surface area contributed by atoms with Gasteiger partial charge in [0.15, 0.2) is 0 Å². The van der Waals surface area contributed by atoms with Gasteiger partial charge in [0.25, 0.3) is 0 Å². The van der Waals surface area contributed by atoms with Crippen molar-refractivity contribution in [3.05, 3.63) is 54.6 Å². The number of aldehydes is 1.